The lowest BCUT2D eigenvalue weighted by Crippen LogP contribution is -2.36. The molecular formula is C27H31ClN2O3. The van der Waals surface area contributed by atoms with Gasteiger partial charge in [0, 0.05) is 23.5 Å². The van der Waals surface area contributed by atoms with Gasteiger partial charge in [0.25, 0.3) is 0 Å². The number of halogens is 1. The molecule has 1 aliphatic rings. The van der Waals surface area contributed by atoms with Crippen LogP contribution in [0.15, 0.2) is 42.5 Å². The highest BCUT2D eigenvalue weighted by molar-refractivity contribution is 6.30. The highest BCUT2D eigenvalue weighted by Crippen LogP contribution is 2.41. The number of aromatic nitrogens is 1. The average molecular weight is 467 g/mol. The quantitative estimate of drug-likeness (QED) is 0.451. The van der Waals surface area contributed by atoms with Gasteiger partial charge in [-0.05, 0) is 87.2 Å². The highest BCUT2D eigenvalue weighted by atomic mass is 35.5. The van der Waals surface area contributed by atoms with E-state index in [-0.39, 0.29) is 5.78 Å². The van der Waals surface area contributed by atoms with Crippen LogP contribution in [0, 0.1) is 6.92 Å². The van der Waals surface area contributed by atoms with E-state index in [0.717, 1.165) is 52.1 Å². The van der Waals surface area contributed by atoms with Crippen molar-refractivity contribution < 1.29 is 14.3 Å². The first-order chi connectivity index (χ1) is 15.6. The number of anilines is 1. The van der Waals surface area contributed by atoms with Crippen LogP contribution in [0.2, 0.25) is 5.02 Å². The molecule has 33 heavy (non-hydrogen) atoms. The molecule has 0 N–H and O–H groups in total. The van der Waals surface area contributed by atoms with Gasteiger partial charge in [0.05, 0.1) is 24.3 Å². The van der Waals surface area contributed by atoms with E-state index in [1.807, 2.05) is 52.0 Å². The summed E-state index contributed by atoms with van der Waals surface area (Å²) < 4.78 is 11.8. The maximum Gasteiger partial charge on any atom is 0.163 e. The van der Waals surface area contributed by atoms with E-state index in [1.165, 1.54) is 0 Å². The molecule has 0 bridgehead atoms. The molecule has 0 unspecified atom stereocenters. The Kier molecular flexibility index (Phi) is 6.76. The number of hydrogen-bond acceptors (Lipinski definition) is 5. The standard InChI is InChI=1S/C27H31ClN2O3/c1-17-16-22-21(10-11-23(29-22)30-12-14-32-15-13-30)25(19-6-8-20(28)9-7-19)24(17)26(18(2)31)33-27(3,4)5/h6-11,16,26H,12-15H2,1-5H3/t26-/m1/s1. The smallest absolute Gasteiger partial charge is 0.163 e. The van der Waals surface area contributed by atoms with Crippen LogP contribution in [-0.4, -0.2) is 42.7 Å². The number of carbonyl (C=O) groups is 1. The largest absolute Gasteiger partial charge is 0.378 e. The van der Waals surface area contributed by atoms with Gasteiger partial charge in [0.2, 0.25) is 0 Å². The number of fused-ring (bicyclic) bond motifs is 1. The number of ketones is 1. The first kappa shape index (κ1) is 23.7. The van der Waals surface area contributed by atoms with Crippen molar-refractivity contribution >= 4 is 34.1 Å². The van der Waals surface area contributed by atoms with Crippen molar-refractivity contribution in [2.24, 2.45) is 0 Å². The zero-order chi connectivity index (χ0) is 23.8. The van der Waals surface area contributed by atoms with Crippen molar-refractivity contribution in [2.75, 3.05) is 31.2 Å². The molecule has 1 fully saturated rings. The second kappa shape index (κ2) is 9.41. The number of Topliss-reactive ketones (excluding diaryl/α,β-unsaturated/α-hetero) is 1. The molecule has 0 spiro atoms. The average Bonchev–Trinajstić information content (AvgIpc) is 2.77. The predicted molar refractivity (Wildman–Crippen MR) is 134 cm³/mol. The number of carbonyl (C=O) groups excluding carboxylic acids is 1. The van der Waals surface area contributed by atoms with E-state index in [2.05, 4.69) is 23.1 Å². The Morgan fingerprint density at radius 3 is 2.39 bits per heavy atom. The fraction of sp³-hybridized carbons (Fsp3) is 0.407. The first-order valence-corrected chi connectivity index (χ1v) is 11.7. The summed E-state index contributed by atoms with van der Waals surface area (Å²) in [4.78, 5) is 20.1. The van der Waals surface area contributed by atoms with Crippen LogP contribution in [0.3, 0.4) is 0 Å². The molecule has 0 aliphatic carbocycles. The Hall–Kier alpha value is -2.47. The number of ether oxygens (including phenoxy) is 2. The fourth-order valence-electron chi connectivity index (χ4n) is 4.34. The summed E-state index contributed by atoms with van der Waals surface area (Å²) in [5.74, 6) is 0.912. The molecule has 4 rings (SSSR count). The molecule has 6 heteroatoms. The summed E-state index contributed by atoms with van der Waals surface area (Å²) in [7, 11) is 0. The fourth-order valence-corrected chi connectivity index (χ4v) is 4.47. The lowest BCUT2D eigenvalue weighted by Gasteiger charge is -2.30. The Bertz CT molecular complexity index is 1160. The van der Waals surface area contributed by atoms with Gasteiger partial charge in [-0.2, -0.15) is 0 Å². The second-order valence-electron chi connectivity index (χ2n) is 9.55. The lowest BCUT2D eigenvalue weighted by atomic mass is 9.87. The molecule has 3 aromatic rings. The monoisotopic (exact) mass is 466 g/mol. The molecular weight excluding hydrogens is 436 g/mol. The number of pyridine rings is 1. The number of nitrogens with zero attached hydrogens (tertiary/aromatic N) is 2. The van der Waals surface area contributed by atoms with Crippen LogP contribution < -0.4 is 4.90 Å². The van der Waals surface area contributed by atoms with Crippen LogP contribution >= 0.6 is 11.6 Å². The van der Waals surface area contributed by atoms with E-state index < -0.39 is 11.7 Å². The first-order valence-electron chi connectivity index (χ1n) is 11.4. The maximum atomic E-state index is 12.8. The molecule has 1 atom stereocenters. The Morgan fingerprint density at radius 1 is 1.12 bits per heavy atom. The predicted octanol–water partition coefficient (Wildman–Crippen LogP) is 6.15. The normalized spacial score (nSPS) is 15.6. The van der Waals surface area contributed by atoms with Gasteiger partial charge < -0.3 is 14.4 Å². The molecule has 1 aromatic heterocycles. The number of morpholine rings is 1. The zero-order valence-electron chi connectivity index (χ0n) is 19.9. The van der Waals surface area contributed by atoms with E-state index in [0.29, 0.717) is 18.2 Å². The van der Waals surface area contributed by atoms with Gasteiger partial charge >= 0.3 is 0 Å². The molecule has 0 radical (unpaired) electrons. The molecule has 0 saturated carbocycles. The summed E-state index contributed by atoms with van der Waals surface area (Å²) in [6.45, 7) is 12.6. The molecule has 2 aromatic carbocycles. The van der Waals surface area contributed by atoms with Crippen LogP contribution in [0.1, 0.15) is 44.9 Å². The van der Waals surface area contributed by atoms with Gasteiger partial charge in [0.1, 0.15) is 11.9 Å². The Balaban J connectivity index is 1.96. The van der Waals surface area contributed by atoms with Crippen molar-refractivity contribution in [1.82, 2.24) is 4.98 Å². The molecule has 1 saturated heterocycles. The molecule has 5 nitrogen and oxygen atoms in total. The number of benzene rings is 2. The van der Waals surface area contributed by atoms with Gasteiger partial charge in [-0.25, -0.2) is 4.98 Å². The third-order valence-electron chi connectivity index (χ3n) is 5.80. The second-order valence-corrected chi connectivity index (χ2v) is 9.98. The minimum Gasteiger partial charge on any atom is -0.378 e. The van der Waals surface area contributed by atoms with Gasteiger partial charge in [-0.15, -0.1) is 0 Å². The summed E-state index contributed by atoms with van der Waals surface area (Å²) in [5, 5.41) is 1.65. The molecule has 0 amide bonds. The van der Waals surface area contributed by atoms with E-state index in [4.69, 9.17) is 26.1 Å². The van der Waals surface area contributed by atoms with Crippen LogP contribution in [0.4, 0.5) is 5.82 Å². The van der Waals surface area contributed by atoms with Crippen molar-refractivity contribution in [3.05, 3.63) is 58.6 Å². The van der Waals surface area contributed by atoms with Gasteiger partial charge in [-0.1, -0.05) is 23.7 Å². The van der Waals surface area contributed by atoms with E-state index >= 15 is 0 Å². The Labute approximate surface area is 200 Å². The van der Waals surface area contributed by atoms with Crippen LogP contribution in [0.5, 0.6) is 0 Å². The summed E-state index contributed by atoms with van der Waals surface area (Å²) >= 11 is 6.19. The van der Waals surface area contributed by atoms with Gasteiger partial charge in [-0.3, -0.25) is 4.79 Å². The SMILES string of the molecule is CC(=O)[C@@H](OC(C)(C)C)c1c(C)cc2nc(N3CCOCC3)ccc2c1-c1ccc(Cl)cc1. The highest BCUT2D eigenvalue weighted by Gasteiger charge is 2.30. The summed E-state index contributed by atoms with van der Waals surface area (Å²) in [6, 6.07) is 14.0. The summed E-state index contributed by atoms with van der Waals surface area (Å²) in [6.07, 6.45) is -0.681. The lowest BCUT2D eigenvalue weighted by molar-refractivity contribution is -0.138. The van der Waals surface area contributed by atoms with Crippen LogP contribution in [-0.2, 0) is 14.3 Å². The maximum absolute atomic E-state index is 12.8. The third kappa shape index (κ3) is 5.21. The zero-order valence-corrected chi connectivity index (χ0v) is 20.7. The third-order valence-corrected chi connectivity index (χ3v) is 6.05. The summed E-state index contributed by atoms with van der Waals surface area (Å²) in [5.41, 5.74) is 4.22. The minimum absolute atomic E-state index is 0.0273. The van der Waals surface area contributed by atoms with Crippen LogP contribution in [0.25, 0.3) is 22.0 Å². The van der Waals surface area contributed by atoms with E-state index in [9.17, 15) is 4.79 Å². The molecule has 174 valence electrons. The van der Waals surface area contributed by atoms with Gasteiger partial charge in [0.15, 0.2) is 5.78 Å². The topological polar surface area (TPSA) is 51.7 Å². The van der Waals surface area contributed by atoms with Crippen molar-refractivity contribution in [1.29, 1.82) is 0 Å². The number of rotatable bonds is 5. The van der Waals surface area contributed by atoms with Crippen molar-refractivity contribution in [3.8, 4) is 11.1 Å². The van der Waals surface area contributed by atoms with Crippen molar-refractivity contribution in [2.45, 2.75) is 46.3 Å². The number of hydrogen-bond donors (Lipinski definition) is 0. The molecule has 1 aliphatic heterocycles. The van der Waals surface area contributed by atoms with E-state index in [1.54, 1.807) is 6.92 Å². The number of aryl methyl sites for hydroxylation is 1. The molecule has 2 heterocycles. The van der Waals surface area contributed by atoms with Crippen molar-refractivity contribution in [3.63, 3.8) is 0 Å². The Morgan fingerprint density at radius 2 is 1.79 bits per heavy atom. The minimum atomic E-state index is -0.681.